The van der Waals surface area contributed by atoms with Gasteiger partial charge < -0.3 is 21.1 Å². The van der Waals surface area contributed by atoms with Crippen molar-refractivity contribution < 1.29 is 14.3 Å². The zero-order valence-corrected chi connectivity index (χ0v) is 14.3. The number of amides is 2. The Balaban J connectivity index is 2.26. The smallest absolute Gasteiger partial charge is 0.239 e. The van der Waals surface area contributed by atoms with Gasteiger partial charge in [0.15, 0.2) is 0 Å². The molecule has 0 saturated carbocycles. The van der Waals surface area contributed by atoms with Gasteiger partial charge in [-0.15, -0.1) is 0 Å². The van der Waals surface area contributed by atoms with Gasteiger partial charge in [0, 0.05) is 0 Å². The first-order valence-electron chi connectivity index (χ1n) is 7.82. The Kier molecular flexibility index (Phi) is 7.54. The molecule has 0 radical (unpaired) electrons. The summed E-state index contributed by atoms with van der Waals surface area (Å²) in [6.45, 7) is 8.34. The van der Waals surface area contributed by atoms with Crippen molar-refractivity contribution in [1.82, 2.24) is 10.6 Å². The average molecular weight is 321 g/mol. The van der Waals surface area contributed by atoms with Gasteiger partial charge in [0.1, 0.15) is 12.4 Å². The van der Waals surface area contributed by atoms with E-state index in [2.05, 4.69) is 10.6 Å². The van der Waals surface area contributed by atoms with Crippen LogP contribution in [0.4, 0.5) is 0 Å². The topological polar surface area (TPSA) is 93.5 Å². The summed E-state index contributed by atoms with van der Waals surface area (Å²) in [5.41, 5.74) is 7.82. The van der Waals surface area contributed by atoms with Crippen molar-refractivity contribution in [1.29, 1.82) is 0 Å². The van der Waals surface area contributed by atoms with E-state index >= 15 is 0 Å². The summed E-state index contributed by atoms with van der Waals surface area (Å²) in [5.74, 6) is 0.295. The summed E-state index contributed by atoms with van der Waals surface area (Å²) in [6.07, 6.45) is 0. The fourth-order valence-electron chi connectivity index (χ4n) is 2.02. The van der Waals surface area contributed by atoms with E-state index in [0.717, 1.165) is 16.9 Å². The Bertz CT molecular complexity index is 524. The van der Waals surface area contributed by atoms with Crippen LogP contribution in [0.3, 0.4) is 0 Å². The number of carbonyl (C=O) groups excluding carboxylic acids is 2. The summed E-state index contributed by atoms with van der Waals surface area (Å²) >= 11 is 0. The second kappa shape index (κ2) is 9.15. The molecule has 1 aromatic rings. The summed E-state index contributed by atoms with van der Waals surface area (Å²) in [4.78, 5) is 23.3. The minimum atomic E-state index is -0.602. The van der Waals surface area contributed by atoms with E-state index in [4.69, 9.17) is 10.5 Å². The first kappa shape index (κ1) is 19.0. The average Bonchev–Trinajstić information content (AvgIpc) is 2.50. The van der Waals surface area contributed by atoms with Crippen LogP contribution >= 0.6 is 0 Å². The lowest BCUT2D eigenvalue weighted by atomic mass is 10.1. The lowest BCUT2D eigenvalue weighted by Gasteiger charge is -2.15. The van der Waals surface area contributed by atoms with Crippen LogP contribution in [-0.2, 0) is 9.59 Å². The molecule has 0 fully saturated rings. The molecule has 0 unspecified atom stereocenters. The molecule has 1 rings (SSSR count). The fraction of sp³-hybridized carbons (Fsp3) is 0.529. The minimum absolute atomic E-state index is 0.0313. The first-order valence-corrected chi connectivity index (χ1v) is 7.82. The van der Waals surface area contributed by atoms with Crippen LogP contribution in [0.2, 0.25) is 0 Å². The highest BCUT2D eigenvalue weighted by atomic mass is 16.5. The molecule has 4 N–H and O–H groups in total. The van der Waals surface area contributed by atoms with Crippen molar-refractivity contribution >= 4 is 11.8 Å². The highest BCUT2D eigenvalue weighted by molar-refractivity contribution is 5.87. The first-order chi connectivity index (χ1) is 10.8. The predicted octanol–water partition coefficient (Wildman–Crippen LogP) is 0.898. The molecule has 1 aromatic carbocycles. The molecule has 0 aliphatic heterocycles. The number of ether oxygens (including phenoxy) is 1. The Labute approximate surface area is 137 Å². The number of nitrogens with one attached hydrogen (secondary N) is 2. The van der Waals surface area contributed by atoms with E-state index in [-0.39, 0.29) is 24.3 Å². The number of benzene rings is 1. The number of hydrogen-bond acceptors (Lipinski definition) is 4. The molecule has 0 saturated heterocycles. The van der Waals surface area contributed by atoms with Crippen LogP contribution in [-0.4, -0.2) is 37.6 Å². The van der Waals surface area contributed by atoms with E-state index in [1.54, 1.807) is 0 Å². The number of para-hydroxylation sites is 1. The van der Waals surface area contributed by atoms with Crippen molar-refractivity contribution in [3.05, 3.63) is 29.3 Å². The number of rotatable bonds is 8. The Morgan fingerprint density at radius 2 is 1.78 bits per heavy atom. The zero-order chi connectivity index (χ0) is 17.4. The van der Waals surface area contributed by atoms with Crippen molar-refractivity contribution in [2.45, 2.75) is 33.7 Å². The van der Waals surface area contributed by atoms with Crippen molar-refractivity contribution in [3.8, 4) is 5.75 Å². The maximum atomic E-state index is 11.7. The zero-order valence-electron chi connectivity index (χ0n) is 14.3. The van der Waals surface area contributed by atoms with Crippen LogP contribution in [0.15, 0.2) is 18.2 Å². The number of aryl methyl sites for hydroxylation is 2. The van der Waals surface area contributed by atoms with Crippen LogP contribution in [0.25, 0.3) is 0 Å². The SMILES string of the molecule is Cc1cccc(C)c1OCCNC(=O)CNC(=O)[C@@H](N)C(C)C. The quantitative estimate of drug-likeness (QED) is 0.620. The third kappa shape index (κ3) is 6.28. The molecular weight excluding hydrogens is 294 g/mol. The third-order valence-electron chi connectivity index (χ3n) is 3.52. The van der Waals surface area contributed by atoms with Gasteiger partial charge in [0.2, 0.25) is 11.8 Å². The molecule has 0 aliphatic carbocycles. The summed E-state index contributed by atoms with van der Waals surface area (Å²) in [7, 11) is 0. The van der Waals surface area contributed by atoms with Crippen LogP contribution in [0.1, 0.15) is 25.0 Å². The summed E-state index contributed by atoms with van der Waals surface area (Å²) < 4.78 is 5.69. The predicted molar refractivity (Wildman–Crippen MR) is 90.2 cm³/mol. The van der Waals surface area contributed by atoms with E-state index in [1.165, 1.54) is 0 Å². The van der Waals surface area contributed by atoms with Gasteiger partial charge in [-0.2, -0.15) is 0 Å². The molecule has 128 valence electrons. The van der Waals surface area contributed by atoms with E-state index in [1.807, 2.05) is 45.9 Å². The largest absolute Gasteiger partial charge is 0.491 e. The molecule has 0 aromatic heterocycles. The molecule has 6 nitrogen and oxygen atoms in total. The second-order valence-electron chi connectivity index (χ2n) is 5.91. The molecule has 2 amide bonds. The van der Waals surface area contributed by atoms with Gasteiger partial charge in [-0.25, -0.2) is 0 Å². The maximum absolute atomic E-state index is 11.7. The molecule has 1 atom stereocenters. The van der Waals surface area contributed by atoms with Gasteiger partial charge in [-0.05, 0) is 30.9 Å². The standard InChI is InChI=1S/C17H27N3O3/c1-11(2)15(18)17(22)20-10-14(21)19-8-9-23-16-12(3)6-5-7-13(16)4/h5-7,11,15H,8-10,18H2,1-4H3,(H,19,21)(H,20,22)/t15-/m0/s1. The normalized spacial score (nSPS) is 11.9. The molecule has 23 heavy (non-hydrogen) atoms. The Morgan fingerprint density at radius 1 is 1.17 bits per heavy atom. The molecule has 0 heterocycles. The van der Waals surface area contributed by atoms with Crippen LogP contribution in [0, 0.1) is 19.8 Å². The highest BCUT2D eigenvalue weighted by Gasteiger charge is 2.17. The molecule has 0 spiro atoms. The maximum Gasteiger partial charge on any atom is 0.239 e. The van der Waals surface area contributed by atoms with Gasteiger partial charge in [0.25, 0.3) is 0 Å². The van der Waals surface area contributed by atoms with Crippen molar-refractivity contribution in [3.63, 3.8) is 0 Å². The van der Waals surface area contributed by atoms with Gasteiger partial charge >= 0.3 is 0 Å². The fourth-order valence-corrected chi connectivity index (χ4v) is 2.02. The van der Waals surface area contributed by atoms with Crippen molar-refractivity contribution in [2.24, 2.45) is 11.7 Å². The molecule has 0 aliphatic rings. The molecule has 0 bridgehead atoms. The van der Waals surface area contributed by atoms with E-state index < -0.39 is 6.04 Å². The number of nitrogens with two attached hydrogens (primary N) is 1. The van der Waals surface area contributed by atoms with Crippen LogP contribution < -0.4 is 21.1 Å². The Hall–Kier alpha value is -2.08. The van der Waals surface area contributed by atoms with Gasteiger partial charge in [-0.3, -0.25) is 9.59 Å². The van der Waals surface area contributed by atoms with E-state index in [9.17, 15) is 9.59 Å². The summed E-state index contributed by atoms with van der Waals surface area (Å²) in [6, 6.07) is 5.34. The lowest BCUT2D eigenvalue weighted by molar-refractivity contribution is -0.127. The van der Waals surface area contributed by atoms with Gasteiger partial charge in [-0.1, -0.05) is 32.0 Å². The molecule has 6 heteroatoms. The van der Waals surface area contributed by atoms with E-state index in [0.29, 0.717) is 13.2 Å². The van der Waals surface area contributed by atoms with Crippen molar-refractivity contribution in [2.75, 3.05) is 19.7 Å². The summed E-state index contributed by atoms with van der Waals surface area (Å²) in [5, 5.41) is 5.22. The third-order valence-corrected chi connectivity index (χ3v) is 3.52. The number of hydrogen-bond donors (Lipinski definition) is 3. The number of carbonyl (C=O) groups is 2. The van der Waals surface area contributed by atoms with Crippen LogP contribution in [0.5, 0.6) is 5.75 Å². The van der Waals surface area contributed by atoms with Gasteiger partial charge in [0.05, 0.1) is 19.1 Å². The monoisotopic (exact) mass is 321 g/mol. The highest BCUT2D eigenvalue weighted by Crippen LogP contribution is 2.21. The minimum Gasteiger partial charge on any atom is -0.491 e. The second-order valence-corrected chi connectivity index (χ2v) is 5.91. The molecular formula is C17H27N3O3. The Morgan fingerprint density at radius 3 is 2.35 bits per heavy atom. The lowest BCUT2D eigenvalue weighted by Crippen LogP contribution is -2.47.